The fourth-order valence-electron chi connectivity index (χ4n) is 1.51. The molecule has 0 saturated heterocycles. The van der Waals surface area contributed by atoms with E-state index in [-0.39, 0.29) is 11.8 Å². The largest absolute Gasteiger partial charge is 0.384 e. The molecular weight excluding hydrogens is 220 g/mol. The minimum absolute atomic E-state index is 0.0744. The van der Waals surface area contributed by atoms with Gasteiger partial charge in [-0.2, -0.15) is 15.4 Å². The minimum Gasteiger partial charge on any atom is -0.384 e. The summed E-state index contributed by atoms with van der Waals surface area (Å²) in [6.45, 7) is 2.21. The number of amides is 1. The van der Waals surface area contributed by atoms with E-state index in [0.717, 1.165) is 11.0 Å². The van der Waals surface area contributed by atoms with Gasteiger partial charge in [-0.25, -0.2) is 0 Å². The zero-order valence-electron chi connectivity index (χ0n) is 9.73. The SMILES string of the molecule is COC[C@@H](C)C(=O)Nc1ccc2n[nH]nc2c1. The summed E-state index contributed by atoms with van der Waals surface area (Å²) in [4.78, 5) is 11.7. The van der Waals surface area contributed by atoms with E-state index in [2.05, 4.69) is 20.7 Å². The van der Waals surface area contributed by atoms with Crippen LogP contribution in [0.3, 0.4) is 0 Å². The molecule has 6 nitrogen and oxygen atoms in total. The number of hydrogen-bond acceptors (Lipinski definition) is 4. The molecule has 0 aliphatic rings. The van der Waals surface area contributed by atoms with Crippen molar-refractivity contribution in [2.24, 2.45) is 5.92 Å². The van der Waals surface area contributed by atoms with E-state index in [9.17, 15) is 4.79 Å². The fraction of sp³-hybridized carbons (Fsp3) is 0.364. The number of hydrogen-bond donors (Lipinski definition) is 2. The number of methoxy groups -OCH3 is 1. The first kappa shape index (κ1) is 11.5. The molecule has 90 valence electrons. The Morgan fingerprint density at radius 1 is 1.47 bits per heavy atom. The van der Waals surface area contributed by atoms with Crippen LogP contribution in [-0.2, 0) is 9.53 Å². The van der Waals surface area contributed by atoms with Gasteiger partial charge in [-0.05, 0) is 18.2 Å². The van der Waals surface area contributed by atoms with E-state index >= 15 is 0 Å². The number of aromatic amines is 1. The van der Waals surface area contributed by atoms with Crippen LogP contribution in [0.5, 0.6) is 0 Å². The maximum atomic E-state index is 11.7. The summed E-state index contributed by atoms with van der Waals surface area (Å²) in [5.41, 5.74) is 2.20. The third-order valence-electron chi connectivity index (χ3n) is 2.45. The highest BCUT2D eigenvalue weighted by atomic mass is 16.5. The predicted octanol–water partition coefficient (Wildman–Crippen LogP) is 1.18. The van der Waals surface area contributed by atoms with Gasteiger partial charge in [0.15, 0.2) is 0 Å². The number of nitrogens with one attached hydrogen (secondary N) is 2. The zero-order valence-corrected chi connectivity index (χ0v) is 9.73. The first-order chi connectivity index (χ1) is 8.20. The lowest BCUT2D eigenvalue weighted by molar-refractivity contribution is -0.120. The normalized spacial score (nSPS) is 12.6. The van der Waals surface area contributed by atoms with E-state index in [4.69, 9.17) is 4.74 Å². The molecule has 0 unspecified atom stereocenters. The highest BCUT2D eigenvalue weighted by Gasteiger charge is 2.12. The van der Waals surface area contributed by atoms with Gasteiger partial charge in [-0.1, -0.05) is 6.92 Å². The number of nitrogens with zero attached hydrogens (tertiary/aromatic N) is 2. The van der Waals surface area contributed by atoms with Crippen LogP contribution in [0.4, 0.5) is 5.69 Å². The molecule has 1 aromatic carbocycles. The molecule has 0 aliphatic carbocycles. The Bertz CT molecular complexity index is 523. The molecule has 2 N–H and O–H groups in total. The van der Waals surface area contributed by atoms with Crippen molar-refractivity contribution in [3.05, 3.63) is 18.2 Å². The second kappa shape index (κ2) is 4.92. The summed E-state index contributed by atoms with van der Waals surface area (Å²) in [6.07, 6.45) is 0. The topological polar surface area (TPSA) is 79.9 Å². The average molecular weight is 234 g/mol. The molecule has 0 saturated carbocycles. The van der Waals surface area contributed by atoms with Crippen LogP contribution in [0.2, 0.25) is 0 Å². The van der Waals surface area contributed by atoms with Crippen molar-refractivity contribution in [1.82, 2.24) is 15.4 Å². The van der Waals surface area contributed by atoms with Gasteiger partial charge in [-0.15, -0.1) is 0 Å². The molecule has 0 aliphatic heterocycles. The van der Waals surface area contributed by atoms with E-state index in [0.29, 0.717) is 12.3 Å². The van der Waals surface area contributed by atoms with Crippen LogP contribution in [0, 0.1) is 5.92 Å². The number of rotatable bonds is 4. The first-order valence-corrected chi connectivity index (χ1v) is 5.31. The van der Waals surface area contributed by atoms with Crippen molar-refractivity contribution >= 4 is 22.6 Å². The summed E-state index contributed by atoms with van der Waals surface area (Å²) < 4.78 is 4.93. The fourth-order valence-corrected chi connectivity index (χ4v) is 1.51. The maximum absolute atomic E-state index is 11.7. The van der Waals surface area contributed by atoms with Crippen LogP contribution in [0.25, 0.3) is 11.0 Å². The molecule has 0 fully saturated rings. The standard InChI is InChI=1S/C11H14N4O2/c1-7(6-17-2)11(16)12-8-3-4-9-10(5-8)14-15-13-9/h3-5,7H,6H2,1-2H3,(H,12,16)(H,13,14,15)/t7-/m1/s1. The van der Waals surface area contributed by atoms with Crippen LogP contribution >= 0.6 is 0 Å². The van der Waals surface area contributed by atoms with Crippen molar-refractivity contribution in [2.45, 2.75) is 6.92 Å². The molecule has 1 atom stereocenters. The second-order valence-corrected chi connectivity index (χ2v) is 3.87. The van der Waals surface area contributed by atoms with Crippen molar-refractivity contribution in [3.63, 3.8) is 0 Å². The molecular formula is C11H14N4O2. The number of aromatic nitrogens is 3. The van der Waals surface area contributed by atoms with Crippen LogP contribution in [0.15, 0.2) is 18.2 Å². The number of carbonyl (C=O) groups excluding carboxylic acids is 1. The summed E-state index contributed by atoms with van der Waals surface area (Å²) in [6, 6.07) is 5.37. The maximum Gasteiger partial charge on any atom is 0.229 e. The van der Waals surface area contributed by atoms with Crippen molar-refractivity contribution in [3.8, 4) is 0 Å². The van der Waals surface area contributed by atoms with Gasteiger partial charge < -0.3 is 10.1 Å². The van der Waals surface area contributed by atoms with Crippen molar-refractivity contribution in [1.29, 1.82) is 0 Å². The first-order valence-electron chi connectivity index (χ1n) is 5.31. The summed E-state index contributed by atoms with van der Waals surface area (Å²) in [5.74, 6) is -0.261. The second-order valence-electron chi connectivity index (χ2n) is 3.87. The number of ether oxygens (including phenoxy) is 1. The van der Waals surface area contributed by atoms with Gasteiger partial charge in [0.25, 0.3) is 0 Å². The molecule has 2 rings (SSSR count). The number of fused-ring (bicyclic) bond motifs is 1. The highest BCUT2D eigenvalue weighted by molar-refractivity contribution is 5.94. The monoisotopic (exact) mass is 234 g/mol. The van der Waals surface area contributed by atoms with E-state index in [1.54, 1.807) is 25.3 Å². The zero-order chi connectivity index (χ0) is 12.3. The molecule has 2 aromatic rings. The summed E-state index contributed by atoms with van der Waals surface area (Å²) in [7, 11) is 1.57. The number of anilines is 1. The number of benzene rings is 1. The van der Waals surface area contributed by atoms with Gasteiger partial charge in [0.2, 0.25) is 5.91 Å². The lowest BCUT2D eigenvalue weighted by Crippen LogP contribution is -2.23. The molecule has 1 amide bonds. The quantitative estimate of drug-likeness (QED) is 0.832. The van der Waals surface area contributed by atoms with Gasteiger partial charge in [0.05, 0.1) is 12.5 Å². The lowest BCUT2D eigenvalue weighted by atomic mass is 10.2. The smallest absolute Gasteiger partial charge is 0.229 e. The van der Waals surface area contributed by atoms with E-state index in [1.165, 1.54) is 0 Å². The van der Waals surface area contributed by atoms with Gasteiger partial charge in [0.1, 0.15) is 11.0 Å². The Morgan fingerprint density at radius 3 is 3.00 bits per heavy atom. The lowest BCUT2D eigenvalue weighted by Gasteiger charge is -2.10. The van der Waals surface area contributed by atoms with Crippen LogP contribution in [0.1, 0.15) is 6.92 Å². The molecule has 0 radical (unpaired) electrons. The summed E-state index contributed by atoms with van der Waals surface area (Å²) in [5, 5.41) is 13.2. The van der Waals surface area contributed by atoms with Crippen molar-refractivity contribution < 1.29 is 9.53 Å². The van der Waals surface area contributed by atoms with E-state index in [1.807, 2.05) is 6.92 Å². The van der Waals surface area contributed by atoms with Crippen molar-refractivity contribution in [2.75, 3.05) is 19.0 Å². The number of carbonyl (C=O) groups is 1. The van der Waals surface area contributed by atoms with E-state index < -0.39 is 0 Å². The Kier molecular flexibility index (Phi) is 3.34. The Morgan fingerprint density at radius 2 is 2.24 bits per heavy atom. The highest BCUT2D eigenvalue weighted by Crippen LogP contribution is 2.15. The Balaban J connectivity index is 2.09. The molecule has 0 bridgehead atoms. The molecule has 6 heteroatoms. The van der Waals surface area contributed by atoms with Gasteiger partial charge in [0, 0.05) is 12.8 Å². The molecule has 17 heavy (non-hydrogen) atoms. The Hall–Kier alpha value is -1.95. The average Bonchev–Trinajstić information content (AvgIpc) is 2.76. The van der Waals surface area contributed by atoms with Crippen LogP contribution in [-0.4, -0.2) is 35.0 Å². The third-order valence-corrected chi connectivity index (χ3v) is 2.45. The molecule has 1 aromatic heterocycles. The Labute approximate surface area is 98.3 Å². The summed E-state index contributed by atoms with van der Waals surface area (Å²) >= 11 is 0. The number of H-pyrrole nitrogens is 1. The minimum atomic E-state index is -0.187. The van der Waals surface area contributed by atoms with Gasteiger partial charge in [-0.3, -0.25) is 4.79 Å². The molecule has 0 spiro atoms. The molecule has 1 heterocycles. The third kappa shape index (κ3) is 2.59. The predicted molar refractivity (Wildman–Crippen MR) is 63.6 cm³/mol. The van der Waals surface area contributed by atoms with Crippen LogP contribution < -0.4 is 5.32 Å². The van der Waals surface area contributed by atoms with Gasteiger partial charge >= 0.3 is 0 Å².